The summed E-state index contributed by atoms with van der Waals surface area (Å²) in [4.78, 5) is 0. The van der Waals surface area contributed by atoms with E-state index < -0.39 is 0 Å². The summed E-state index contributed by atoms with van der Waals surface area (Å²) in [5.74, 6) is 0. The number of anilines is 1. The van der Waals surface area contributed by atoms with Crippen LogP contribution in [0.15, 0.2) is 30.6 Å². The Morgan fingerprint density at radius 2 is 2.13 bits per heavy atom. The van der Waals surface area contributed by atoms with Crippen LogP contribution in [0, 0.1) is 13.8 Å². The number of hydrogen-bond donors (Lipinski definition) is 1. The van der Waals surface area contributed by atoms with Gasteiger partial charge in [0.25, 0.3) is 0 Å². The standard InChI is InChI=1S/C12H15N3/c1-9-3-4-11(10(2)5-9)7-15-8-12(13)6-14-15/h3-6,8H,7,13H2,1-2H3. The largest absolute Gasteiger partial charge is 0.396 e. The van der Waals surface area contributed by atoms with Crippen LogP contribution in [0.1, 0.15) is 16.7 Å². The van der Waals surface area contributed by atoms with Gasteiger partial charge >= 0.3 is 0 Å². The van der Waals surface area contributed by atoms with Gasteiger partial charge < -0.3 is 5.73 Å². The average molecular weight is 201 g/mol. The minimum absolute atomic E-state index is 0.708. The first-order chi connectivity index (χ1) is 7.15. The molecule has 0 saturated carbocycles. The van der Waals surface area contributed by atoms with Gasteiger partial charge in [0.2, 0.25) is 0 Å². The Bertz CT molecular complexity index is 471. The minimum Gasteiger partial charge on any atom is -0.396 e. The van der Waals surface area contributed by atoms with Gasteiger partial charge in [0.1, 0.15) is 0 Å². The number of nitrogens with zero attached hydrogens (tertiary/aromatic N) is 2. The van der Waals surface area contributed by atoms with Gasteiger partial charge in [-0.05, 0) is 25.0 Å². The van der Waals surface area contributed by atoms with Crippen LogP contribution >= 0.6 is 0 Å². The van der Waals surface area contributed by atoms with E-state index in [4.69, 9.17) is 5.73 Å². The predicted octanol–water partition coefficient (Wildman–Crippen LogP) is 2.13. The number of hydrogen-bond acceptors (Lipinski definition) is 2. The minimum atomic E-state index is 0.708. The quantitative estimate of drug-likeness (QED) is 0.808. The Kier molecular flexibility index (Phi) is 2.46. The monoisotopic (exact) mass is 201 g/mol. The third kappa shape index (κ3) is 2.18. The fourth-order valence-corrected chi connectivity index (χ4v) is 1.66. The molecule has 15 heavy (non-hydrogen) atoms. The van der Waals surface area contributed by atoms with Gasteiger partial charge in [-0.3, -0.25) is 4.68 Å². The molecule has 3 nitrogen and oxygen atoms in total. The molecule has 0 spiro atoms. The van der Waals surface area contributed by atoms with E-state index in [0.29, 0.717) is 5.69 Å². The van der Waals surface area contributed by atoms with Crippen molar-refractivity contribution in [1.82, 2.24) is 9.78 Å². The molecule has 0 radical (unpaired) electrons. The van der Waals surface area contributed by atoms with Crippen molar-refractivity contribution >= 4 is 5.69 Å². The first-order valence-electron chi connectivity index (χ1n) is 4.99. The molecule has 1 aromatic heterocycles. The number of nitrogen functional groups attached to an aromatic ring is 1. The lowest BCUT2D eigenvalue weighted by molar-refractivity contribution is 0.684. The molecule has 0 aliphatic carbocycles. The van der Waals surface area contributed by atoms with Crippen LogP contribution in [-0.2, 0) is 6.54 Å². The zero-order chi connectivity index (χ0) is 10.8. The van der Waals surface area contributed by atoms with E-state index in [1.807, 2.05) is 10.9 Å². The molecule has 0 bridgehead atoms. The zero-order valence-electron chi connectivity index (χ0n) is 9.07. The SMILES string of the molecule is Cc1ccc(Cn2cc(N)cn2)c(C)c1. The Labute approximate surface area is 89.5 Å². The Hall–Kier alpha value is -1.77. The molecule has 1 heterocycles. The van der Waals surface area contributed by atoms with Gasteiger partial charge in [-0.15, -0.1) is 0 Å². The number of nitrogens with two attached hydrogens (primary N) is 1. The van der Waals surface area contributed by atoms with Gasteiger partial charge in [-0.25, -0.2) is 0 Å². The number of rotatable bonds is 2. The molecule has 2 rings (SSSR count). The summed E-state index contributed by atoms with van der Waals surface area (Å²) in [5.41, 5.74) is 10.2. The van der Waals surface area contributed by atoms with Crippen LogP contribution in [0.3, 0.4) is 0 Å². The van der Waals surface area contributed by atoms with Crippen LogP contribution in [-0.4, -0.2) is 9.78 Å². The molecule has 0 aliphatic rings. The zero-order valence-corrected chi connectivity index (χ0v) is 9.07. The first-order valence-corrected chi connectivity index (χ1v) is 4.99. The van der Waals surface area contributed by atoms with E-state index in [1.165, 1.54) is 16.7 Å². The van der Waals surface area contributed by atoms with E-state index >= 15 is 0 Å². The van der Waals surface area contributed by atoms with Crippen LogP contribution in [0.2, 0.25) is 0 Å². The van der Waals surface area contributed by atoms with Gasteiger partial charge in [0, 0.05) is 6.20 Å². The molecule has 3 heteroatoms. The second kappa shape index (κ2) is 3.77. The second-order valence-electron chi connectivity index (χ2n) is 3.90. The highest BCUT2D eigenvalue weighted by Crippen LogP contribution is 2.12. The van der Waals surface area contributed by atoms with Crippen molar-refractivity contribution in [1.29, 1.82) is 0 Å². The second-order valence-corrected chi connectivity index (χ2v) is 3.90. The van der Waals surface area contributed by atoms with Crippen molar-refractivity contribution in [3.05, 3.63) is 47.3 Å². The topological polar surface area (TPSA) is 43.8 Å². The van der Waals surface area contributed by atoms with Crippen molar-refractivity contribution in [3.8, 4) is 0 Å². The van der Waals surface area contributed by atoms with Crippen molar-refractivity contribution in [2.24, 2.45) is 0 Å². The summed E-state index contributed by atoms with van der Waals surface area (Å²) in [6.07, 6.45) is 3.52. The fraction of sp³-hybridized carbons (Fsp3) is 0.250. The smallest absolute Gasteiger partial charge is 0.0719 e. The summed E-state index contributed by atoms with van der Waals surface area (Å²) >= 11 is 0. The van der Waals surface area contributed by atoms with Crippen LogP contribution < -0.4 is 5.73 Å². The molecule has 1 aromatic carbocycles. The van der Waals surface area contributed by atoms with Gasteiger partial charge in [-0.1, -0.05) is 23.8 Å². The van der Waals surface area contributed by atoms with Crippen LogP contribution in [0.4, 0.5) is 5.69 Å². The van der Waals surface area contributed by atoms with Crippen molar-refractivity contribution in [2.75, 3.05) is 5.73 Å². The predicted molar refractivity (Wildman–Crippen MR) is 61.7 cm³/mol. The van der Waals surface area contributed by atoms with Gasteiger partial charge in [0.05, 0.1) is 18.4 Å². The molecule has 0 fully saturated rings. The molecule has 0 amide bonds. The highest BCUT2D eigenvalue weighted by molar-refractivity contribution is 5.33. The molecule has 0 atom stereocenters. The average Bonchev–Trinajstić information content (AvgIpc) is 2.56. The maximum atomic E-state index is 5.61. The first kappa shape index (κ1) is 9.77. The number of benzene rings is 1. The summed E-state index contributed by atoms with van der Waals surface area (Å²) in [7, 11) is 0. The summed E-state index contributed by atoms with van der Waals surface area (Å²) < 4.78 is 1.85. The highest BCUT2D eigenvalue weighted by atomic mass is 15.3. The van der Waals surface area contributed by atoms with E-state index in [1.54, 1.807) is 6.20 Å². The number of aryl methyl sites for hydroxylation is 2. The lowest BCUT2D eigenvalue weighted by Crippen LogP contribution is -2.01. The van der Waals surface area contributed by atoms with Crippen LogP contribution in [0.25, 0.3) is 0 Å². The molecular formula is C12H15N3. The Morgan fingerprint density at radius 3 is 2.73 bits per heavy atom. The van der Waals surface area contributed by atoms with Crippen molar-refractivity contribution in [3.63, 3.8) is 0 Å². The van der Waals surface area contributed by atoms with Crippen molar-refractivity contribution < 1.29 is 0 Å². The van der Waals surface area contributed by atoms with E-state index in [0.717, 1.165) is 6.54 Å². The molecule has 78 valence electrons. The summed E-state index contributed by atoms with van der Waals surface area (Å²) in [6, 6.07) is 6.44. The van der Waals surface area contributed by atoms with Crippen LogP contribution in [0.5, 0.6) is 0 Å². The molecular weight excluding hydrogens is 186 g/mol. The summed E-state index contributed by atoms with van der Waals surface area (Å²) in [5, 5.41) is 4.17. The lowest BCUT2D eigenvalue weighted by Gasteiger charge is -2.06. The third-order valence-corrected chi connectivity index (χ3v) is 2.48. The van der Waals surface area contributed by atoms with Crippen molar-refractivity contribution in [2.45, 2.75) is 20.4 Å². The number of aromatic nitrogens is 2. The Balaban J connectivity index is 2.24. The molecule has 0 saturated heterocycles. The highest BCUT2D eigenvalue weighted by Gasteiger charge is 2.00. The summed E-state index contributed by atoms with van der Waals surface area (Å²) in [6.45, 7) is 5.00. The molecule has 2 N–H and O–H groups in total. The van der Waals surface area contributed by atoms with E-state index in [9.17, 15) is 0 Å². The normalized spacial score (nSPS) is 10.5. The fourth-order valence-electron chi connectivity index (χ4n) is 1.66. The maximum absolute atomic E-state index is 5.61. The maximum Gasteiger partial charge on any atom is 0.0719 e. The Morgan fingerprint density at radius 1 is 1.33 bits per heavy atom. The molecule has 0 aliphatic heterocycles. The van der Waals surface area contributed by atoms with E-state index in [-0.39, 0.29) is 0 Å². The molecule has 2 aromatic rings. The van der Waals surface area contributed by atoms with E-state index in [2.05, 4.69) is 37.1 Å². The van der Waals surface area contributed by atoms with Gasteiger partial charge in [-0.2, -0.15) is 5.10 Å². The van der Waals surface area contributed by atoms with Gasteiger partial charge in [0.15, 0.2) is 0 Å². The third-order valence-electron chi connectivity index (χ3n) is 2.48. The lowest BCUT2D eigenvalue weighted by atomic mass is 10.1. The molecule has 0 unspecified atom stereocenters.